The SMILES string of the molecule is O=C(NCC[C@H]1CC[C@@H](NC(=O)C2CCC2)[C@H](CO)O1)c1cc(Cl)cc(Cl)c1. The van der Waals surface area contributed by atoms with E-state index in [0.29, 0.717) is 28.6 Å². The number of carbonyl (C=O) groups excluding carboxylic acids is 2. The molecule has 0 aromatic heterocycles. The van der Waals surface area contributed by atoms with Crippen LogP contribution < -0.4 is 10.6 Å². The van der Waals surface area contributed by atoms with Crippen LogP contribution in [-0.4, -0.2) is 48.3 Å². The third-order valence-corrected chi connectivity index (χ3v) is 5.91. The van der Waals surface area contributed by atoms with Crippen molar-refractivity contribution in [1.82, 2.24) is 10.6 Å². The number of benzene rings is 1. The van der Waals surface area contributed by atoms with E-state index >= 15 is 0 Å². The van der Waals surface area contributed by atoms with Crippen LogP contribution in [0.3, 0.4) is 0 Å². The molecule has 2 amide bonds. The predicted molar refractivity (Wildman–Crippen MR) is 108 cm³/mol. The monoisotopic (exact) mass is 428 g/mol. The van der Waals surface area contributed by atoms with Gasteiger partial charge in [-0.15, -0.1) is 0 Å². The molecule has 1 saturated carbocycles. The maximum Gasteiger partial charge on any atom is 0.251 e. The van der Waals surface area contributed by atoms with Crippen LogP contribution in [0.1, 0.15) is 48.9 Å². The quantitative estimate of drug-likeness (QED) is 0.622. The van der Waals surface area contributed by atoms with Crippen LogP contribution in [0.5, 0.6) is 0 Å². The molecular formula is C20H26Cl2N2O4. The highest BCUT2D eigenvalue weighted by Gasteiger charge is 2.34. The summed E-state index contributed by atoms with van der Waals surface area (Å²) in [6.07, 6.45) is 4.67. The lowest BCUT2D eigenvalue weighted by molar-refractivity contribution is -0.134. The molecule has 3 atom stereocenters. The van der Waals surface area contributed by atoms with Crippen molar-refractivity contribution in [2.75, 3.05) is 13.2 Å². The molecule has 28 heavy (non-hydrogen) atoms. The van der Waals surface area contributed by atoms with Gasteiger partial charge >= 0.3 is 0 Å². The van der Waals surface area contributed by atoms with Gasteiger partial charge in [-0.1, -0.05) is 29.6 Å². The molecule has 2 fully saturated rings. The lowest BCUT2D eigenvalue weighted by atomic mass is 9.84. The third-order valence-electron chi connectivity index (χ3n) is 5.48. The minimum Gasteiger partial charge on any atom is -0.394 e. The molecule has 8 heteroatoms. The Bertz CT molecular complexity index is 691. The first-order valence-corrected chi connectivity index (χ1v) is 10.5. The molecule has 1 aliphatic heterocycles. The summed E-state index contributed by atoms with van der Waals surface area (Å²) in [4.78, 5) is 24.4. The molecule has 1 saturated heterocycles. The molecule has 2 aliphatic rings. The number of rotatable bonds is 7. The fraction of sp³-hybridized carbons (Fsp3) is 0.600. The van der Waals surface area contributed by atoms with Crippen molar-refractivity contribution < 1.29 is 19.4 Å². The van der Waals surface area contributed by atoms with Gasteiger partial charge in [0.25, 0.3) is 5.91 Å². The van der Waals surface area contributed by atoms with Crippen molar-refractivity contribution in [3.05, 3.63) is 33.8 Å². The summed E-state index contributed by atoms with van der Waals surface area (Å²) in [5.41, 5.74) is 0.411. The number of halogens is 2. The average molecular weight is 429 g/mol. The minimum atomic E-state index is -0.412. The maximum atomic E-state index is 12.2. The number of nitrogens with one attached hydrogen (secondary N) is 2. The number of hydrogen-bond acceptors (Lipinski definition) is 4. The number of aliphatic hydroxyl groups is 1. The van der Waals surface area contributed by atoms with Crippen molar-refractivity contribution >= 4 is 35.0 Å². The summed E-state index contributed by atoms with van der Waals surface area (Å²) >= 11 is 11.9. The van der Waals surface area contributed by atoms with Gasteiger partial charge in [0, 0.05) is 28.1 Å². The Balaban J connectivity index is 1.43. The lowest BCUT2D eigenvalue weighted by Crippen LogP contribution is -2.53. The Kier molecular flexibility index (Phi) is 7.57. The molecule has 0 bridgehead atoms. The average Bonchev–Trinajstić information content (AvgIpc) is 2.60. The zero-order valence-corrected chi connectivity index (χ0v) is 17.1. The second-order valence-electron chi connectivity index (χ2n) is 7.50. The van der Waals surface area contributed by atoms with E-state index in [1.165, 1.54) is 0 Å². The summed E-state index contributed by atoms with van der Waals surface area (Å²) in [5, 5.41) is 16.3. The van der Waals surface area contributed by atoms with Gasteiger partial charge in [-0.2, -0.15) is 0 Å². The highest BCUT2D eigenvalue weighted by atomic mass is 35.5. The second kappa shape index (κ2) is 9.92. The topological polar surface area (TPSA) is 87.7 Å². The fourth-order valence-electron chi connectivity index (χ4n) is 3.61. The smallest absolute Gasteiger partial charge is 0.251 e. The molecule has 1 aromatic carbocycles. The number of amides is 2. The van der Waals surface area contributed by atoms with Crippen LogP contribution in [0.4, 0.5) is 0 Å². The molecule has 3 rings (SSSR count). The summed E-state index contributed by atoms with van der Waals surface area (Å²) in [5.74, 6) is -0.0546. The largest absolute Gasteiger partial charge is 0.394 e. The normalized spacial score (nSPS) is 25.0. The molecule has 1 heterocycles. The van der Waals surface area contributed by atoms with Crippen LogP contribution in [0.15, 0.2) is 18.2 Å². The zero-order valence-electron chi connectivity index (χ0n) is 15.6. The van der Waals surface area contributed by atoms with Gasteiger partial charge in [0.15, 0.2) is 0 Å². The van der Waals surface area contributed by atoms with Crippen LogP contribution in [-0.2, 0) is 9.53 Å². The van der Waals surface area contributed by atoms with Gasteiger partial charge in [-0.3, -0.25) is 9.59 Å². The zero-order chi connectivity index (χ0) is 20.1. The molecular weight excluding hydrogens is 403 g/mol. The predicted octanol–water partition coefficient (Wildman–Crippen LogP) is 2.94. The van der Waals surface area contributed by atoms with E-state index in [1.807, 2.05) is 0 Å². The molecule has 1 aliphatic carbocycles. The highest BCUT2D eigenvalue weighted by molar-refractivity contribution is 6.35. The standard InChI is InChI=1S/C20H26Cl2N2O4/c21-14-8-13(9-15(22)10-14)19(26)23-7-6-16-4-5-17(18(11-25)28-16)24-20(27)12-2-1-3-12/h8-10,12,16-18,25H,1-7,11H2,(H,23,26)(H,24,27)/t16-,17-,18+/m1/s1. The number of aliphatic hydroxyl groups excluding tert-OH is 1. The second-order valence-corrected chi connectivity index (χ2v) is 8.37. The highest BCUT2D eigenvalue weighted by Crippen LogP contribution is 2.28. The van der Waals surface area contributed by atoms with Gasteiger partial charge in [-0.05, 0) is 50.3 Å². The summed E-state index contributed by atoms with van der Waals surface area (Å²) < 4.78 is 5.95. The van der Waals surface area contributed by atoms with E-state index in [0.717, 1.165) is 32.1 Å². The van der Waals surface area contributed by atoms with Crippen molar-refractivity contribution in [3.63, 3.8) is 0 Å². The van der Waals surface area contributed by atoms with E-state index < -0.39 is 6.10 Å². The first kappa shape index (κ1) is 21.4. The Hall–Kier alpha value is -1.34. The molecule has 6 nitrogen and oxygen atoms in total. The van der Waals surface area contributed by atoms with Gasteiger partial charge < -0.3 is 20.5 Å². The van der Waals surface area contributed by atoms with Crippen molar-refractivity contribution in [1.29, 1.82) is 0 Å². The van der Waals surface area contributed by atoms with Crippen LogP contribution >= 0.6 is 23.2 Å². The third kappa shape index (κ3) is 5.60. The van der Waals surface area contributed by atoms with E-state index in [1.54, 1.807) is 18.2 Å². The Morgan fingerprint density at radius 1 is 1.11 bits per heavy atom. The van der Waals surface area contributed by atoms with Gasteiger partial charge in [0.1, 0.15) is 6.10 Å². The molecule has 0 unspecified atom stereocenters. The minimum absolute atomic E-state index is 0.0720. The lowest BCUT2D eigenvalue weighted by Gasteiger charge is -2.37. The summed E-state index contributed by atoms with van der Waals surface area (Å²) in [6, 6.07) is 4.55. The van der Waals surface area contributed by atoms with E-state index in [-0.39, 0.29) is 36.5 Å². The molecule has 0 radical (unpaired) electrons. The van der Waals surface area contributed by atoms with Crippen molar-refractivity contribution in [2.45, 2.75) is 56.8 Å². The Morgan fingerprint density at radius 2 is 1.82 bits per heavy atom. The van der Waals surface area contributed by atoms with E-state index in [4.69, 9.17) is 27.9 Å². The molecule has 0 spiro atoms. The van der Waals surface area contributed by atoms with E-state index in [2.05, 4.69) is 10.6 Å². The maximum absolute atomic E-state index is 12.2. The number of hydrogen-bond donors (Lipinski definition) is 3. The van der Waals surface area contributed by atoms with Gasteiger partial charge in [-0.25, -0.2) is 0 Å². The Morgan fingerprint density at radius 3 is 2.43 bits per heavy atom. The Labute approximate surface area is 174 Å². The van der Waals surface area contributed by atoms with Crippen LogP contribution in [0.2, 0.25) is 10.0 Å². The molecule has 1 aromatic rings. The first-order chi connectivity index (χ1) is 13.5. The van der Waals surface area contributed by atoms with E-state index in [9.17, 15) is 14.7 Å². The van der Waals surface area contributed by atoms with Crippen molar-refractivity contribution in [2.24, 2.45) is 5.92 Å². The summed E-state index contributed by atoms with van der Waals surface area (Å²) in [7, 11) is 0. The van der Waals surface area contributed by atoms with Crippen LogP contribution in [0.25, 0.3) is 0 Å². The first-order valence-electron chi connectivity index (χ1n) is 9.77. The molecule has 154 valence electrons. The fourth-order valence-corrected chi connectivity index (χ4v) is 4.14. The number of ether oxygens (including phenoxy) is 1. The van der Waals surface area contributed by atoms with Crippen LogP contribution in [0, 0.1) is 5.92 Å². The number of carbonyl (C=O) groups is 2. The van der Waals surface area contributed by atoms with Gasteiger partial charge in [0.05, 0.1) is 18.8 Å². The molecule has 3 N–H and O–H groups in total. The summed E-state index contributed by atoms with van der Waals surface area (Å²) in [6.45, 7) is 0.296. The van der Waals surface area contributed by atoms with Gasteiger partial charge in [0.2, 0.25) is 5.91 Å². The van der Waals surface area contributed by atoms with Crippen molar-refractivity contribution in [3.8, 4) is 0 Å².